The normalized spacial score (nSPS) is 19.4. The summed E-state index contributed by atoms with van der Waals surface area (Å²) in [5, 5.41) is 0. The number of rotatable bonds is 4. The molecular formula is C14H19F2NO. The van der Waals surface area contributed by atoms with Gasteiger partial charge in [0.2, 0.25) is 0 Å². The van der Waals surface area contributed by atoms with Crippen LogP contribution in [0.4, 0.5) is 8.78 Å². The summed E-state index contributed by atoms with van der Waals surface area (Å²) in [6.45, 7) is 1.54. The molecule has 0 spiro atoms. The molecule has 0 saturated heterocycles. The van der Waals surface area contributed by atoms with Crippen molar-refractivity contribution in [3.8, 4) is 0 Å². The summed E-state index contributed by atoms with van der Waals surface area (Å²) in [5.74, 6) is -0.853. The number of aryl methyl sites for hydroxylation is 1. The van der Waals surface area contributed by atoms with Crippen LogP contribution in [0.25, 0.3) is 0 Å². The number of halogens is 2. The molecule has 2 nitrogen and oxygen atoms in total. The van der Waals surface area contributed by atoms with E-state index in [-0.39, 0.29) is 11.2 Å². The summed E-state index contributed by atoms with van der Waals surface area (Å²) < 4.78 is 32.7. The predicted molar refractivity (Wildman–Crippen MR) is 66.2 cm³/mol. The van der Waals surface area contributed by atoms with Crippen LogP contribution in [0.2, 0.25) is 0 Å². The zero-order valence-corrected chi connectivity index (χ0v) is 10.8. The van der Waals surface area contributed by atoms with Crippen LogP contribution >= 0.6 is 0 Å². The number of benzene rings is 1. The van der Waals surface area contributed by atoms with Gasteiger partial charge in [0, 0.05) is 18.7 Å². The Balaban J connectivity index is 2.18. The summed E-state index contributed by atoms with van der Waals surface area (Å²) in [6.07, 6.45) is 3.51. The standard InChI is InChI=1S/C14H19F2NO/c1-9-6-12(16)10(7-11(9)15)13(17)8-14(18-2)4-3-5-14/h6-7,13H,3-5,8,17H2,1-2H3. The lowest BCUT2D eigenvalue weighted by atomic mass is 9.75. The second-order valence-electron chi connectivity index (χ2n) is 5.17. The average molecular weight is 255 g/mol. The van der Waals surface area contributed by atoms with Crippen LogP contribution in [-0.4, -0.2) is 12.7 Å². The van der Waals surface area contributed by atoms with Crippen molar-refractivity contribution in [1.82, 2.24) is 0 Å². The zero-order valence-electron chi connectivity index (χ0n) is 10.8. The highest BCUT2D eigenvalue weighted by molar-refractivity contribution is 5.28. The van der Waals surface area contributed by atoms with E-state index >= 15 is 0 Å². The van der Waals surface area contributed by atoms with Gasteiger partial charge in [-0.15, -0.1) is 0 Å². The summed E-state index contributed by atoms with van der Waals surface area (Å²) in [5.41, 5.74) is 6.29. The van der Waals surface area contributed by atoms with Crippen molar-refractivity contribution in [2.75, 3.05) is 7.11 Å². The lowest BCUT2D eigenvalue weighted by Gasteiger charge is -2.42. The van der Waals surface area contributed by atoms with Crippen LogP contribution in [-0.2, 0) is 4.74 Å². The predicted octanol–water partition coefficient (Wildman–Crippen LogP) is 3.23. The minimum Gasteiger partial charge on any atom is -0.378 e. The third-order valence-electron chi connectivity index (χ3n) is 3.97. The van der Waals surface area contributed by atoms with Gasteiger partial charge in [-0.1, -0.05) is 0 Å². The van der Waals surface area contributed by atoms with Gasteiger partial charge in [0.1, 0.15) is 11.6 Å². The summed E-state index contributed by atoms with van der Waals surface area (Å²) in [7, 11) is 1.65. The molecule has 4 heteroatoms. The lowest BCUT2D eigenvalue weighted by Crippen LogP contribution is -2.42. The van der Waals surface area contributed by atoms with Gasteiger partial charge < -0.3 is 10.5 Å². The molecule has 1 aromatic rings. The van der Waals surface area contributed by atoms with Crippen molar-refractivity contribution >= 4 is 0 Å². The van der Waals surface area contributed by atoms with E-state index in [0.717, 1.165) is 19.3 Å². The van der Waals surface area contributed by atoms with E-state index in [4.69, 9.17) is 10.5 Å². The van der Waals surface area contributed by atoms with Gasteiger partial charge in [0.25, 0.3) is 0 Å². The van der Waals surface area contributed by atoms with E-state index in [9.17, 15) is 8.78 Å². The first kappa shape index (κ1) is 13.4. The fourth-order valence-corrected chi connectivity index (χ4v) is 2.52. The molecule has 0 amide bonds. The van der Waals surface area contributed by atoms with E-state index in [2.05, 4.69) is 0 Å². The molecule has 1 unspecified atom stereocenters. The van der Waals surface area contributed by atoms with Crippen molar-refractivity contribution in [3.05, 3.63) is 34.9 Å². The highest BCUT2D eigenvalue weighted by Gasteiger charge is 2.39. The molecule has 0 aromatic heterocycles. The maximum Gasteiger partial charge on any atom is 0.128 e. The first-order valence-electron chi connectivity index (χ1n) is 6.24. The number of methoxy groups -OCH3 is 1. The molecule has 2 rings (SSSR count). The quantitative estimate of drug-likeness (QED) is 0.896. The van der Waals surface area contributed by atoms with Crippen molar-refractivity contribution in [2.24, 2.45) is 5.73 Å². The van der Waals surface area contributed by atoms with Crippen LogP contribution < -0.4 is 5.73 Å². The second kappa shape index (κ2) is 4.94. The Kier molecular flexibility index (Phi) is 3.69. The SMILES string of the molecule is COC1(CC(N)c2cc(F)c(C)cc2F)CCC1. The molecule has 1 aliphatic rings. The van der Waals surface area contributed by atoms with Gasteiger partial charge in [0.05, 0.1) is 5.60 Å². The maximum absolute atomic E-state index is 13.8. The molecule has 18 heavy (non-hydrogen) atoms. The van der Waals surface area contributed by atoms with Crippen LogP contribution in [0.1, 0.15) is 42.9 Å². The molecule has 1 atom stereocenters. The summed E-state index contributed by atoms with van der Waals surface area (Å²) in [4.78, 5) is 0. The Labute approximate surface area is 106 Å². The fraction of sp³-hybridized carbons (Fsp3) is 0.571. The highest BCUT2D eigenvalue weighted by atomic mass is 19.1. The molecule has 0 bridgehead atoms. The first-order chi connectivity index (χ1) is 8.47. The Hall–Kier alpha value is -1.00. The second-order valence-corrected chi connectivity index (χ2v) is 5.17. The van der Waals surface area contributed by atoms with Crippen LogP contribution in [0.15, 0.2) is 12.1 Å². The van der Waals surface area contributed by atoms with Gasteiger partial charge in [0.15, 0.2) is 0 Å². The minimum atomic E-state index is -0.527. The van der Waals surface area contributed by atoms with E-state index in [1.165, 1.54) is 19.1 Å². The highest BCUT2D eigenvalue weighted by Crippen LogP contribution is 2.41. The lowest BCUT2D eigenvalue weighted by molar-refractivity contribution is -0.0818. The number of hydrogen-bond donors (Lipinski definition) is 1. The minimum absolute atomic E-state index is 0.237. The first-order valence-corrected chi connectivity index (χ1v) is 6.24. The Morgan fingerprint density at radius 2 is 2.00 bits per heavy atom. The van der Waals surface area contributed by atoms with Crippen molar-refractivity contribution in [2.45, 2.75) is 44.2 Å². The molecular weight excluding hydrogens is 236 g/mol. The Morgan fingerprint density at radius 3 is 2.50 bits per heavy atom. The fourth-order valence-electron chi connectivity index (χ4n) is 2.52. The zero-order chi connectivity index (χ0) is 13.3. The van der Waals surface area contributed by atoms with Gasteiger partial charge in [-0.3, -0.25) is 0 Å². The van der Waals surface area contributed by atoms with Crippen LogP contribution in [0, 0.1) is 18.6 Å². The topological polar surface area (TPSA) is 35.2 Å². The van der Waals surface area contributed by atoms with Crippen LogP contribution in [0.5, 0.6) is 0 Å². The Morgan fingerprint density at radius 1 is 1.33 bits per heavy atom. The molecule has 1 fully saturated rings. The average Bonchev–Trinajstić information content (AvgIpc) is 2.28. The number of ether oxygens (including phenoxy) is 1. The largest absolute Gasteiger partial charge is 0.378 e. The smallest absolute Gasteiger partial charge is 0.128 e. The van der Waals surface area contributed by atoms with Crippen molar-refractivity contribution in [1.29, 1.82) is 0 Å². The van der Waals surface area contributed by atoms with E-state index in [1.54, 1.807) is 7.11 Å². The Bertz CT molecular complexity index is 438. The summed E-state index contributed by atoms with van der Waals surface area (Å²) >= 11 is 0. The molecule has 0 aliphatic heterocycles. The molecule has 1 saturated carbocycles. The number of nitrogens with two attached hydrogens (primary N) is 1. The van der Waals surface area contributed by atoms with Crippen molar-refractivity contribution in [3.63, 3.8) is 0 Å². The molecule has 100 valence electrons. The van der Waals surface area contributed by atoms with E-state index in [1.807, 2.05) is 0 Å². The molecule has 0 heterocycles. The molecule has 1 aliphatic carbocycles. The summed E-state index contributed by atoms with van der Waals surface area (Å²) in [6, 6.07) is 1.88. The monoisotopic (exact) mass is 255 g/mol. The molecule has 2 N–H and O–H groups in total. The number of hydrogen-bond acceptors (Lipinski definition) is 2. The van der Waals surface area contributed by atoms with E-state index in [0.29, 0.717) is 12.0 Å². The van der Waals surface area contributed by atoms with Gasteiger partial charge in [-0.25, -0.2) is 8.78 Å². The third-order valence-corrected chi connectivity index (χ3v) is 3.97. The van der Waals surface area contributed by atoms with Crippen molar-refractivity contribution < 1.29 is 13.5 Å². The van der Waals surface area contributed by atoms with Crippen LogP contribution in [0.3, 0.4) is 0 Å². The maximum atomic E-state index is 13.8. The van der Waals surface area contributed by atoms with Gasteiger partial charge in [-0.05, 0) is 50.3 Å². The molecule has 1 aromatic carbocycles. The van der Waals surface area contributed by atoms with Gasteiger partial charge >= 0.3 is 0 Å². The van der Waals surface area contributed by atoms with Gasteiger partial charge in [-0.2, -0.15) is 0 Å². The molecule has 0 radical (unpaired) electrons. The third kappa shape index (κ3) is 2.40. The van der Waals surface area contributed by atoms with E-state index < -0.39 is 17.7 Å².